The Hall–Kier alpha value is -2.74. The number of ether oxygens (including phenoxy) is 1. The van der Waals surface area contributed by atoms with Crippen molar-refractivity contribution < 1.29 is 17.9 Å². The summed E-state index contributed by atoms with van der Waals surface area (Å²) in [5.41, 5.74) is 3.13. The fraction of sp³-hybridized carbons (Fsp3) is 0.409. The van der Waals surface area contributed by atoms with Crippen LogP contribution < -0.4 is 19.3 Å². The molecule has 0 radical (unpaired) electrons. The number of sulfonamides is 1. The maximum absolute atomic E-state index is 12.7. The van der Waals surface area contributed by atoms with Gasteiger partial charge in [-0.1, -0.05) is 30.3 Å². The van der Waals surface area contributed by atoms with Crippen LogP contribution in [0, 0.1) is 0 Å². The van der Waals surface area contributed by atoms with Crippen LogP contribution in [0.3, 0.4) is 0 Å². The van der Waals surface area contributed by atoms with Gasteiger partial charge in [0.15, 0.2) is 6.10 Å². The van der Waals surface area contributed by atoms with E-state index in [0.717, 1.165) is 38.6 Å². The number of carbonyl (C=O) groups excluding carboxylic acids is 1. The second-order valence-electron chi connectivity index (χ2n) is 7.73. The molecule has 0 aliphatic carbocycles. The number of para-hydroxylation sites is 3. The summed E-state index contributed by atoms with van der Waals surface area (Å²) >= 11 is 0. The first-order chi connectivity index (χ1) is 14.4. The van der Waals surface area contributed by atoms with Crippen molar-refractivity contribution in [3.8, 4) is 5.75 Å². The number of hydrogen-bond donors (Lipinski definition) is 1. The van der Waals surface area contributed by atoms with E-state index in [9.17, 15) is 13.2 Å². The van der Waals surface area contributed by atoms with Crippen LogP contribution in [0.5, 0.6) is 5.75 Å². The highest BCUT2D eigenvalue weighted by atomic mass is 32.2. The second kappa shape index (κ2) is 8.55. The van der Waals surface area contributed by atoms with E-state index < -0.39 is 16.1 Å². The first kappa shape index (κ1) is 20.5. The van der Waals surface area contributed by atoms with Crippen molar-refractivity contribution in [2.45, 2.75) is 25.4 Å². The lowest BCUT2D eigenvalue weighted by Crippen LogP contribution is -2.50. The van der Waals surface area contributed by atoms with E-state index in [1.54, 1.807) is 24.3 Å². The summed E-state index contributed by atoms with van der Waals surface area (Å²) in [5.74, 6) is 0.108. The number of carbonyl (C=O) groups is 1. The van der Waals surface area contributed by atoms with Gasteiger partial charge in [-0.25, -0.2) is 8.42 Å². The smallest absolute Gasteiger partial charge is 0.263 e. The Kier molecular flexibility index (Phi) is 5.85. The summed E-state index contributed by atoms with van der Waals surface area (Å²) in [5, 5.41) is 2.91. The maximum atomic E-state index is 12.7. The zero-order chi connectivity index (χ0) is 21.1. The largest absolute Gasteiger partial charge is 0.476 e. The molecule has 2 aromatic carbocycles. The minimum atomic E-state index is -3.51. The molecule has 0 saturated heterocycles. The summed E-state index contributed by atoms with van der Waals surface area (Å²) in [7, 11) is -3.51. The van der Waals surface area contributed by atoms with Gasteiger partial charge in [-0.3, -0.25) is 9.10 Å². The normalized spacial score (nSPS) is 18.2. The third-order valence-corrected chi connectivity index (χ3v) is 6.68. The summed E-state index contributed by atoms with van der Waals surface area (Å²) in [6.45, 7) is 2.37. The second-order valence-corrected chi connectivity index (χ2v) is 9.64. The maximum Gasteiger partial charge on any atom is 0.263 e. The average molecular weight is 430 g/mol. The molecule has 0 spiro atoms. The van der Waals surface area contributed by atoms with Gasteiger partial charge >= 0.3 is 0 Å². The Balaban J connectivity index is 1.33. The zero-order valence-corrected chi connectivity index (χ0v) is 17.9. The molecule has 1 unspecified atom stereocenters. The van der Waals surface area contributed by atoms with Gasteiger partial charge in [-0.15, -0.1) is 0 Å². The highest BCUT2D eigenvalue weighted by Gasteiger charge is 2.34. The number of fused-ring (bicyclic) bond motifs is 2. The number of amides is 1. The SMILES string of the molecule is CS(=O)(=O)N1CC(C(=O)NCCCN2CCCc3ccccc32)Oc2ccccc21. The van der Waals surface area contributed by atoms with E-state index in [4.69, 9.17) is 4.74 Å². The molecule has 0 aromatic heterocycles. The first-order valence-electron chi connectivity index (χ1n) is 10.3. The van der Waals surface area contributed by atoms with Crippen molar-refractivity contribution in [2.75, 3.05) is 41.6 Å². The molecule has 4 rings (SSSR count). The lowest BCUT2D eigenvalue weighted by molar-refractivity contribution is -0.127. The predicted octanol–water partition coefficient (Wildman–Crippen LogP) is 2.17. The van der Waals surface area contributed by atoms with Gasteiger partial charge in [-0.2, -0.15) is 0 Å². The molecule has 2 heterocycles. The molecule has 1 atom stereocenters. The molecule has 0 fully saturated rings. The van der Waals surface area contributed by atoms with Crippen LogP contribution in [0.1, 0.15) is 18.4 Å². The quantitative estimate of drug-likeness (QED) is 0.712. The number of benzene rings is 2. The third kappa shape index (κ3) is 4.38. The molecule has 2 aromatic rings. The fourth-order valence-corrected chi connectivity index (χ4v) is 5.01. The number of hydrogen-bond acceptors (Lipinski definition) is 5. The minimum absolute atomic E-state index is 0.0266. The predicted molar refractivity (Wildman–Crippen MR) is 118 cm³/mol. The topological polar surface area (TPSA) is 79.0 Å². The van der Waals surface area contributed by atoms with Crippen molar-refractivity contribution in [3.63, 3.8) is 0 Å². The summed E-state index contributed by atoms with van der Waals surface area (Å²) in [6.07, 6.45) is 3.32. The van der Waals surface area contributed by atoms with Crippen molar-refractivity contribution in [3.05, 3.63) is 54.1 Å². The molecule has 1 amide bonds. The van der Waals surface area contributed by atoms with Gasteiger partial charge < -0.3 is 15.0 Å². The van der Waals surface area contributed by atoms with Gasteiger partial charge in [0.2, 0.25) is 10.0 Å². The molecule has 1 N–H and O–H groups in total. The summed E-state index contributed by atoms with van der Waals surface area (Å²) in [6, 6.07) is 15.3. The monoisotopic (exact) mass is 429 g/mol. The Morgan fingerprint density at radius 2 is 1.87 bits per heavy atom. The van der Waals surface area contributed by atoms with E-state index >= 15 is 0 Å². The Morgan fingerprint density at radius 3 is 2.67 bits per heavy atom. The number of nitrogens with one attached hydrogen (secondary N) is 1. The molecule has 0 bridgehead atoms. The lowest BCUT2D eigenvalue weighted by atomic mass is 10.0. The first-order valence-corrected chi connectivity index (χ1v) is 12.1. The molecule has 2 aliphatic heterocycles. The number of aryl methyl sites for hydroxylation is 1. The van der Waals surface area contributed by atoms with Crippen LogP contribution in [-0.4, -0.2) is 52.9 Å². The van der Waals surface area contributed by atoms with E-state index in [0.29, 0.717) is 18.0 Å². The van der Waals surface area contributed by atoms with Gasteiger partial charge in [-0.05, 0) is 43.0 Å². The van der Waals surface area contributed by atoms with Gasteiger partial charge in [0.1, 0.15) is 5.75 Å². The van der Waals surface area contributed by atoms with Crippen LogP contribution in [0.4, 0.5) is 11.4 Å². The lowest BCUT2D eigenvalue weighted by Gasteiger charge is -2.34. The minimum Gasteiger partial charge on any atom is -0.476 e. The zero-order valence-electron chi connectivity index (χ0n) is 17.1. The van der Waals surface area contributed by atoms with Gasteiger partial charge in [0.05, 0.1) is 18.5 Å². The van der Waals surface area contributed by atoms with Crippen molar-refractivity contribution in [2.24, 2.45) is 0 Å². The van der Waals surface area contributed by atoms with Crippen LogP contribution >= 0.6 is 0 Å². The standard InChI is InChI=1S/C22H27N3O4S/c1-30(27,28)25-16-21(29-20-12-5-4-11-19(20)25)22(26)23-13-7-15-24-14-6-9-17-8-2-3-10-18(17)24/h2-5,8,10-12,21H,6-7,9,13-16H2,1H3,(H,23,26). The Morgan fingerprint density at radius 1 is 1.13 bits per heavy atom. The third-order valence-electron chi connectivity index (χ3n) is 5.54. The fourth-order valence-electron chi connectivity index (χ4n) is 4.09. The van der Waals surface area contributed by atoms with Crippen molar-refractivity contribution in [1.29, 1.82) is 0 Å². The van der Waals surface area contributed by atoms with Crippen LogP contribution in [0.2, 0.25) is 0 Å². The molecular formula is C22H27N3O4S. The van der Waals surface area contributed by atoms with Crippen LogP contribution in [0.25, 0.3) is 0 Å². The average Bonchev–Trinajstić information content (AvgIpc) is 2.75. The molecule has 7 nitrogen and oxygen atoms in total. The summed E-state index contributed by atoms with van der Waals surface area (Å²) < 4.78 is 31.4. The molecule has 0 saturated carbocycles. The number of anilines is 2. The van der Waals surface area contributed by atoms with Crippen molar-refractivity contribution in [1.82, 2.24) is 5.32 Å². The summed E-state index contributed by atoms with van der Waals surface area (Å²) in [4.78, 5) is 15.0. The Labute approximate surface area is 177 Å². The molecular weight excluding hydrogens is 402 g/mol. The molecule has 2 aliphatic rings. The van der Waals surface area contributed by atoms with Crippen LogP contribution in [-0.2, 0) is 21.2 Å². The Bertz CT molecular complexity index is 1020. The van der Waals surface area contributed by atoms with E-state index in [1.807, 2.05) is 0 Å². The van der Waals surface area contributed by atoms with Gasteiger partial charge in [0, 0.05) is 25.3 Å². The van der Waals surface area contributed by atoms with Gasteiger partial charge in [0.25, 0.3) is 5.91 Å². The molecule has 160 valence electrons. The van der Waals surface area contributed by atoms with Crippen LogP contribution in [0.15, 0.2) is 48.5 Å². The highest BCUT2D eigenvalue weighted by Crippen LogP contribution is 2.34. The highest BCUT2D eigenvalue weighted by molar-refractivity contribution is 7.92. The molecule has 8 heteroatoms. The van der Waals surface area contributed by atoms with E-state index in [2.05, 4.69) is 34.5 Å². The number of rotatable bonds is 6. The molecule has 30 heavy (non-hydrogen) atoms. The van der Waals surface area contributed by atoms with E-state index in [-0.39, 0.29) is 12.5 Å². The van der Waals surface area contributed by atoms with Crippen molar-refractivity contribution >= 4 is 27.3 Å². The number of nitrogens with zero attached hydrogens (tertiary/aromatic N) is 2. The van der Waals surface area contributed by atoms with E-state index in [1.165, 1.54) is 15.6 Å².